The normalized spacial score (nSPS) is 19.4. The molecule has 2 aromatic carbocycles. The van der Waals surface area contributed by atoms with Gasteiger partial charge in [-0.1, -0.05) is 30.7 Å². The zero-order valence-electron chi connectivity index (χ0n) is 16.9. The van der Waals surface area contributed by atoms with Gasteiger partial charge in [-0.25, -0.2) is 9.07 Å². The molecule has 0 saturated carbocycles. The van der Waals surface area contributed by atoms with Crippen molar-refractivity contribution in [2.24, 2.45) is 5.41 Å². The Bertz CT molecular complexity index is 1050. The van der Waals surface area contributed by atoms with Gasteiger partial charge >= 0.3 is 0 Å². The fourth-order valence-corrected chi connectivity index (χ4v) is 4.12. The van der Waals surface area contributed by atoms with Crippen molar-refractivity contribution in [3.05, 3.63) is 82.9 Å². The van der Waals surface area contributed by atoms with Crippen molar-refractivity contribution in [1.82, 2.24) is 9.78 Å². The Morgan fingerprint density at radius 1 is 1.21 bits per heavy atom. The van der Waals surface area contributed by atoms with Crippen molar-refractivity contribution < 1.29 is 14.2 Å². The lowest BCUT2D eigenvalue weighted by molar-refractivity contribution is 0.118. The number of nitrogens with zero attached hydrogens (tertiary/aromatic N) is 2. The summed E-state index contributed by atoms with van der Waals surface area (Å²) in [5.74, 6) is 0.435. The van der Waals surface area contributed by atoms with E-state index in [4.69, 9.17) is 4.74 Å². The summed E-state index contributed by atoms with van der Waals surface area (Å²) >= 11 is 0. The Morgan fingerprint density at radius 3 is 2.66 bits per heavy atom. The smallest absolute Gasteiger partial charge is 0.124 e. The molecule has 4 nitrogen and oxygen atoms in total. The summed E-state index contributed by atoms with van der Waals surface area (Å²) in [5, 5.41) is 15.5. The van der Waals surface area contributed by atoms with Gasteiger partial charge in [-0.15, -0.1) is 0 Å². The Labute approximate surface area is 170 Å². The van der Waals surface area contributed by atoms with Crippen LogP contribution in [-0.4, -0.2) is 22.0 Å². The molecule has 0 fully saturated rings. The second kappa shape index (κ2) is 7.48. The van der Waals surface area contributed by atoms with Gasteiger partial charge in [0.2, 0.25) is 0 Å². The summed E-state index contributed by atoms with van der Waals surface area (Å²) in [4.78, 5) is 0. The topological polar surface area (TPSA) is 47.3 Å². The monoisotopic (exact) mass is 392 g/mol. The number of halogens is 1. The van der Waals surface area contributed by atoms with E-state index in [0.29, 0.717) is 12.2 Å². The van der Waals surface area contributed by atoms with E-state index in [2.05, 4.69) is 25.0 Å². The lowest BCUT2D eigenvalue weighted by atomic mass is 9.70. The predicted molar refractivity (Wildman–Crippen MR) is 112 cm³/mol. The van der Waals surface area contributed by atoms with Crippen LogP contribution in [0.2, 0.25) is 0 Å². The van der Waals surface area contributed by atoms with E-state index in [-0.39, 0.29) is 11.2 Å². The molecule has 2 atom stereocenters. The van der Waals surface area contributed by atoms with Gasteiger partial charge < -0.3 is 9.84 Å². The molecule has 3 aromatic rings. The zero-order valence-corrected chi connectivity index (χ0v) is 16.9. The maximum Gasteiger partial charge on any atom is 0.124 e. The largest absolute Gasteiger partial charge is 0.496 e. The number of para-hydroxylation sites is 1. The number of benzene rings is 2. The van der Waals surface area contributed by atoms with Crippen LogP contribution in [0.4, 0.5) is 4.39 Å². The first-order valence-electron chi connectivity index (χ1n) is 9.74. The molecule has 1 heterocycles. The first-order valence-corrected chi connectivity index (χ1v) is 9.74. The molecule has 1 N–H and O–H groups in total. The summed E-state index contributed by atoms with van der Waals surface area (Å²) in [5.41, 5.74) is 4.74. The second-order valence-electron chi connectivity index (χ2n) is 7.97. The minimum Gasteiger partial charge on any atom is -0.496 e. The van der Waals surface area contributed by atoms with Gasteiger partial charge in [-0.3, -0.25) is 0 Å². The Hall–Kier alpha value is -2.92. The van der Waals surface area contributed by atoms with Crippen molar-refractivity contribution in [2.75, 3.05) is 7.11 Å². The highest BCUT2D eigenvalue weighted by atomic mass is 19.1. The maximum absolute atomic E-state index is 13.3. The number of methoxy groups -OCH3 is 1. The summed E-state index contributed by atoms with van der Waals surface area (Å²) in [7, 11) is 1.62. The van der Waals surface area contributed by atoms with E-state index in [0.717, 1.165) is 28.9 Å². The van der Waals surface area contributed by atoms with Crippen LogP contribution in [0.25, 0.3) is 11.8 Å². The Balaban J connectivity index is 1.63. The molecule has 4 rings (SSSR count). The fraction of sp³-hybridized carbons (Fsp3) is 0.292. The molecule has 0 radical (unpaired) electrons. The van der Waals surface area contributed by atoms with E-state index >= 15 is 0 Å². The molecule has 5 heteroatoms. The highest BCUT2D eigenvalue weighted by molar-refractivity contribution is 5.60. The number of rotatable bonds is 5. The van der Waals surface area contributed by atoms with Crippen molar-refractivity contribution >= 4 is 6.08 Å². The first-order chi connectivity index (χ1) is 13.9. The number of ether oxygens (including phenoxy) is 1. The minimum atomic E-state index is -0.631. The lowest BCUT2D eigenvalue weighted by Crippen LogP contribution is -2.27. The van der Waals surface area contributed by atoms with Crippen LogP contribution < -0.4 is 4.74 Å². The van der Waals surface area contributed by atoms with Gasteiger partial charge in [0.1, 0.15) is 11.6 Å². The third kappa shape index (κ3) is 3.58. The molecule has 0 aliphatic heterocycles. The van der Waals surface area contributed by atoms with Crippen molar-refractivity contribution in [3.63, 3.8) is 0 Å². The third-order valence-corrected chi connectivity index (χ3v) is 5.99. The van der Waals surface area contributed by atoms with Crippen LogP contribution in [0.3, 0.4) is 0 Å². The summed E-state index contributed by atoms with van der Waals surface area (Å²) in [6.45, 7) is 4.27. The van der Waals surface area contributed by atoms with Crippen LogP contribution in [0, 0.1) is 11.2 Å². The van der Waals surface area contributed by atoms with Gasteiger partial charge in [-0.05, 0) is 67.2 Å². The molecule has 0 amide bonds. The minimum absolute atomic E-state index is 0.204. The van der Waals surface area contributed by atoms with Crippen LogP contribution in [0.1, 0.15) is 43.2 Å². The average Bonchev–Trinajstić information content (AvgIpc) is 3.10. The standard InChI is InChI=1S/C24H25FN2O2/c1-16-12-21-17(15-26-27(21)19-10-8-18(25)9-11-19)13-24(16,2)14-22(28)20-6-4-5-7-23(20)29-3/h4-12,15,22,28H,13-14H2,1-3H3/t22?,24-/m0/s1. The summed E-state index contributed by atoms with van der Waals surface area (Å²) in [6, 6.07) is 13.9. The molecular weight excluding hydrogens is 367 g/mol. The molecule has 1 aromatic heterocycles. The average molecular weight is 392 g/mol. The van der Waals surface area contributed by atoms with E-state index in [1.165, 1.54) is 17.7 Å². The predicted octanol–water partition coefficient (Wildman–Crippen LogP) is 5.11. The van der Waals surface area contributed by atoms with Crippen molar-refractivity contribution in [2.45, 2.75) is 32.8 Å². The number of aromatic nitrogens is 2. The highest BCUT2D eigenvalue weighted by Crippen LogP contribution is 2.45. The van der Waals surface area contributed by atoms with E-state index < -0.39 is 6.10 Å². The molecule has 1 aliphatic rings. The van der Waals surface area contributed by atoms with Gasteiger partial charge in [0.15, 0.2) is 0 Å². The van der Waals surface area contributed by atoms with Crippen LogP contribution in [0.5, 0.6) is 5.75 Å². The maximum atomic E-state index is 13.3. The quantitative estimate of drug-likeness (QED) is 0.656. The van der Waals surface area contributed by atoms with Gasteiger partial charge in [-0.2, -0.15) is 5.10 Å². The molecule has 0 saturated heterocycles. The molecule has 150 valence electrons. The van der Waals surface area contributed by atoms with Crippen molar-refractivity contribution in [1.29, 1.82) is 0 Å². The molecular formula is C24H25FN2O2. The van der Waals surface area contributed by atoms with Gasteiger partial charge in [0, 0.05) is 5.56 Å². The van der Waals surface area contributed by atoms with Gasteiger partial charge in [0.25, 0.3) is 0 Å². The Kier molecular flexibility index (Phi) is 5.01. The zero-order chi connectivity index (χ0) is 20.6. The number of allylic oxidation sites excluding steroid dienone is 1. The van der Waals surface area contributed by atoms with E-state index in [1.807, 2.05) is 35.1 Å². The highest BCUT2D eigenvalue weighted by Gasteiger charge is 2.35. The third-order valence-electron chi connectivity index (χ3n) is 5.99. The number of aliphatic hydroxyl groups is 1. The number of fused-ring (bicyclic) bond motifs is 1. The van der Waals surface area contributed by atoms with Crippen LogP contribution >= 0.6 is 0 Å². The SMILES string of the molecule is COc1ccccc1C(O)C[C@]1(C)Cc2cnn(-c3ccc(F)cc3)c2C=C1C. The summed E-state index contributed by atoms with van der Waals surface area (Å²) < 4.78 is 20.5. The van der Waals surface area contributed by atoms with Gasteiger partial charge in [0.05, 0.1) is 30.8 Å². The number of hydrogen-bond donors (Lipinski definition) is 1. The van der Waals surface area contributed by atoms with E-state index in [9.17, 15) is 9.50 Å². The van der Waals surface area contributed by atoms with Crippen LogP contribution in [0.15, 0.2) is 60.3 Å². The van der Waals surface area contributed by atoms with Crippen molar-refractivity contribution in [3.8, 4) is 11.4 Å². The fourth-order valence-electron chi connectivity index (χ4n) is 4.12. The molecule has 1 unspecified atom stereocenters. The molecule has 1 aliphatic carbocycles. The van der Waals surface area contributed by atoms with E-state index in [1.54, 1.807) is 19.2 Å². The molecule has 0 bridgehead atoms. The molecule has 0 spiro atoms. The molecule has 29 heavy (non-hydrogen) atoms. The lowest BCUT2D eigenvalue weighted by Gasteiger charge is -2.36. The van der Waals surface area contributed by atoms with Crippen LogP contribution in [-0.2, 0) is 6.42 Å². The Morgan fingerprint density at radius 2 is 1.93 bits per heavy atom. The number of aliphatic hydroxyl groups excluding tert-OH is 1. The second-order valence-corrected chi connectivity index (χ2v) is 7.97. The first kappa shape index (κ1) is 19.4. The summed E-state index contributed by atoms with van der Waals surface area (Å²) in [6.07, 6.45) is 4.72. The number of hydrogen-bond acceptors (Lipinski definition) is 3.